The highest BCUT2D eigenvalue weighted by atomic mass is 33.1. The van der Waals surface area contributed by atoms with Crippen molar-refractivity contribution in [2.75, 3.05) is 0 Å². The molecular weight excluding hydrogens is 248 g/mol. The summed E-state index contributed by atoms with van der Waals surface area (Å²) in [7, 11) is 1.96. The van der Waals surface area contributed by atoms with Gasteiger partial charge in [0.05, 0.1) is 0 Å². The quantitative estimate of drug-likeness (QED) is 0.511. The molecule has 0 aromatic carbocycles. The fourth-order valence-corrected chi connectivity index (χ4v) is 4.01. The lowest BCUT2D eigenvalue weighted by Crippen LogP contribution is -2.25. The fraction of sp³-hybridized carbons (Fsp3) is 0.600. The zero-order chi connectivity index (χ0) is 12.9. The third-order valence-corrected chi connectivity index (χ3v) is 5.04. The van der Waals surface area contributed by atoms with E-state index in [1.165, 1.54) is 27.7 Å². The molecule has 0 N–H and O–H groups in total. The van der Waals surface area contributed by atoms with Crippen LogP contribution in [0.4, 0.5) is 0 Å². The van der Waals surface area contributed by atoms with Gasteiger partial charge >= 0.3 is 0 Å². The Kier molecular flexibility index (Phi) is 6.59. The second kappa shape index (κ2) is 6.85. The zero-order valence-corrected chi connectivity index (χ0v) is 11.2. The maximum absolute atomic E-state index is 11.1. The Hall–Kier alpha value is -0.620. The van der Waals surface area contributed by atoms with Crippen LogP contribution in [0.15, 0.2) is 0 Å². The highest BCUT2D eigenvalue weighted by Crippen LogP contribution is 2.33. The molecule has 0 fully saturated rings. The molecule has 0 radical (unpaired) electrons. The molecule has 0 unspecified atom stereocenters. The van der Waals surface area contributed by atoms with Crippen molar-refractivity contribution in [2.24, 2.45) is 0 Å². The predicted octanol–water partition coefficient (Wildman–Crippen LogP) is 1.46. The van der Waals surface area contributed by atoms with Crippen LogP contribution in [0.3, 0.4) is 0 Å². The highest BCUT2D eigenvalue weighted by Gasteiger charge is 2.26. The van der Waals surface area contributed by atoms with Crippen LogP contribution in [0.5, 0.6) is 0 Å². The summed E-state index contributed by atoms with van der Waals surface area (Å²) >= 11 is 0. The molecule has 0 atom stereocenters. The van der Waals surface area contributed by atoms with E-state index in [1.54, 1.807) is 0 Å². The van der Waals surface area contributed by atoms with Gasteiger partial charge in [-0.15, -0.1) is 0 Å². The van der Waals surface area contributed by atoms with E-state index in [1.807, 2.05) is 0 Å². The summed E-state index contributed by atoms with van der Waals surface area (Å²) in [5, 5.41) is -1.60. The second-order valence-electron chi connectivity index (χ2n) is 3.40. The summed E-state index contributed by atoms with van der Waals surface area (Å²) in [4.78, 5) is 44.5. The number of Topliss-reactive ketones (excluding diaryl/α,β-unsaturated/α-hetero) is 4. The van der Waals surface area contributed by atoms with E-state index in [-0.39, 0.29) is 23.1 Å². The van der Waals surface area contributed by atoms with Crippen LogP contribution >= 0.6 is 21.6 Å². The van der Waals surface area contributed by atoms with Crippen molar-refractivity contribution in [3.05, 3.63) is 0 Å². The van der Waals surface area contributed by atoms with Gasteiger partial charge in [0.2, 0.25) is 0 Å². The monoisotopic (exact) mass is 262 g/mol. The molecule has 0 aromatic rings. The Morgan fingerprint density at radius 3 is 0.938 bits per heavy atom. The zero-order valence-electron chi connectivity index (χ0n) is 9.60. The average Bonchev–Trinajstić information content (AvgIpc) is 2.09. The van der Waals surface area contributed by atoms with Crippen LogP contribution in [-0.2, 0) is 19.2 Å². The van der Waals surface area contributed by atoms with E-state index in [9.17, 15) is 19.2 Å². The van der Waals surface area contributed by atoms with Crippen molar-refractivity contribution in [3.63, 3.8) is 0 Å². The molecule has 0 aliphatic rings. The van der Waals surface area contributed by atoms with Crippen molar-refractivity contribution in [1.29, 1.82) is 0 Å². The number of carbonyl (C=O) groups excluding carboxylic acids is 4. The first kappa shape index (κ1) is 15.4. The third kappa shape index (κ3) is 4.94. The first-order valence-corrected chi connectivity index (χ1v) is 6.89. The minimum Gasteiger partial charge on any atom is -0.298 e. The Morgan fingerprint density at radius 2 is 0.812 bits per heavy atom. The Balaban J connectivity index is 4.50. The highest BCUT2D eigenvalue weighted by molar-refractivity contribution is 8.77. The van der Waals surface area contributed by atoms with E-state index in [0.717, 1.165) is 21.6 Å². The molecule has 0 bridgehead atoms. The van der Waals surface area contributed by atoms with Gasteiger partial charge in [-0.1, -0.05) is 21.6 Å². The Bertz CT molecular complexity index is 265. The van der Waals surface area contributed by atoms with Gasteiger partial charge < -0.3 is 0 Å². The largest absolute Gasteiger partial charge is 0.298 e. The molecule has 0 heterocycles. The number of hydrogen-bond donors (Lipinski definition) is 0. The predicted molar refractivity (Wildman–Crippen MR) is 65.5 cm³/mol. The molecule has 0 spiro atoms. The second-order valence-corrected chi connectivity index (χ2v) is 5.88. The molecule has 6 heteroatoms. The standard InChI is InChI=1S/C10H14O4S2/c1-5(11)9(6(2)12)15-16-10(7(3)13)8(4)14/h9-10H,1-4H3. The van der Waals surface area contributed by atoms with Gasteiger partial charge in [0, 0.05) is 0 Å². The maximum atomic E-state index is 11.1. The molecule has 0 saturated heterocycles. The van der Waals surface area contributed by atoms with E-state index in [4.69, 9.17) is 0 Å². The summed E-state index contributed by atoms with van der Waals surface area (Å²) in [5.74, 6) is -1.07. The van der Waals surface area contributed by atoms with Gasteiger partial charge in [0.25, 0.3) is 0 Å². The van der Waals surface area contributed by atoms with Gasteiger partial charge in [-0.05, 0) is 27.7 Å². The Morgan fingerprint density at radius 1 is 0.625 bits per heavy atom. The van der Waals surface area contributed by atoms with Crippen LogP contribution < -0.4 is 0 Å². The van der Waals surface area contributed by atoms with Crippen LogP contribution in [-0.4, -0.2) is 33.6 Å². The van der Waals surface area contributed by atoms with Gasteiger partial charge in [-0.3, -0.25) is 19.2 Å². The molecular formula is C10H14O4S2. The molecule has 90 valence electrons. The minimum atomic E-state index is -0.800. The summed E-state index contributed by atoms with van der Waals surface area (Å²) < 4.78 is 0. The summed E-state index contributed by atoms with van der Waals surface area (Å²) in [5.41, 5.74) is 0. The summed E-state index contributed by atoms with van der Waals surface area (Å²) in [6.45, 7) is 5.26. The third-order valence-electron chi connectivity index (χ3n) is 1.72. The smallest absolute Gasteiger partial charge is 0.151 e. The van der Waals surface area contributed by atoms with Crippen LogP contribution in [0.25, 0.3) is 0 Å². The first-order valence-electron chi connectivity index (χ1n) is 4.61. The van der Waals surface area contributed by atoms with Gasteiger partial charge in [-0.2, -0.15) is 0 Å². The lowest BCUT2D eigenvalue weighted by atomic mass is 10.2. The lowest BCUT2D eigenvalue weighted by Gasteiger charge is -2.12. The van der Waals surface area contributed by atoms with Crippen molar-refractivity contribution < 1.29 is 19.2 Å². The molecule has 16 heavy (non-hydrogen) atoms. The van der Waals surface area contributed by atoms with Crippen molar-refractivity contribution >= 4 is 44.7 Å². The minimum absolute atomic E-state index is 0.268. The fourth-order valence-electron chi connectivity index (χ4n) is 0.955. The van der Waals surface area contributed by atoms with Gasteiger partial charge in [-0.25, -0.2) is 0 Å². The maximum Gasteiger partial charge on any atom is 0.151 e. The number of ketones is 4. The topological polar surface area (TPSA) is 68.3 Å². The molecule has 0 rings (SSSR count). The van der Waals surface area contributed by atoms with Crippen LogP contribution in [0.2, 0.25) is 0 Å². The summed E-state index contributed by atoms with van der Waals surface area (Å²) in [6, 6.07) is 0. The average molecular weight is 262 g/mol. The normalized spacial score (nSPS) is 10.6. The molecule has 0 aromatic heterocycles. The van der Waals surface area contributed by atoms with Gasteiger partial charge in [0.15, 0.2) is 23.1 Å². The van der Waals surface area contributed by atoms with E-state index < -0.39 is 10.5 Å². The first-order chi connectivity index (χ1) is 7.27. The van der Waals surface area contributed by atoms with Gasteiger partial charge in [0.1, 0.15) is 10.5 Å². The van der Waals surface area contributed by atoms with Crippen molar-refractivity contribution in [3.8, 4) is 0 Å². The van der Waals surface area contributed by atoms with E-state index in [2.05, 4.69) is 0 Å². The summed E-state index contributed by atoms with van der Waals surface area (Å²) in [6.07, 6.45) is 0. The van der Waals surface area contributed by atoms with Crippen molar-refractivity contribution in [2.45, 2.75) is 38.2 Å². The van der Waals surface area contributed by atoms with Crippen LogP contribution in [0, 0.1) is 0 Å². The Labute approximate surface area is 102 Å². The number of carbonyl (C=O) groups is 4. The number of hydrogen-bond acceptors (Lipinski definition) is 6. The van der Waals surface area contributed by atoms with E-state index >= 15 is 0 Å². The SMILES string of the molecule is CC(=O)C(SSC(C(C)=O)C(C)=O)C(C)=O. The van der Waals surface area contributed by atoms with Crippen molar-refractivity contribution in [1.82, 2.24) is 0 Å². The van der Waals surface area contributed by atoms with Crippen LogP contribution in [0.1, 0.15) is 27.7 Å². The molecule has 0 saturated carbocycles. The van der Waals surface area contributed by atoms with E-state index in [0.29, 0.717) is 0 Å². The molecule has 0 amide bonds. The number of rotatable bonds is 7. The lowest BCUT2D eigenvalue weighted by molar-refractivity contribution is -0.125. The molecule has 0 aliphatic heterocycles. The molecule has 4 nitrogen and oxygen atoms in total. The molecule has 0 aliphatic carbocycles.